The summed E-state index contributed by atoms with van der Waals surface area (Å²) in [6, 6.07) is 0. The molecule has 0 aliphatic rings. The first-order valence-corrected chi connectivity index (χ1v) is 10.3. The minimum Gasteiger partial charge on any atom is -0.481 e. The van der Waals surface area contributed by atoms with E-state index in [4.69, 9.17) is 19.8 Å². The minimum atomic E-state index is -0.833. The summed E-state index contributed by atoms with van der Waals surface area (Å²) in [5.41, 5.74) is 0. The Morgan fingerprint density at radius 3 is 0.720 bits per heavy atom. The van der Waals surface area contributed by atoms with Crippen LogP contribution in [0.2, 0.25) is 0 Å². The van der Waals surface area contributed by atoms with E-state index in [1.54, 1.807) is 0 Å². The van der Waals surface area contributed by atoms with Crippen molar-refractivity contribution in [2.24, 2.45) is 0 Å². The lowest BCUT2D eigenvalue weighted by Crippen LogP contribution is -1.82. The van der Waals surface area contributed by atoms with E-state index in [1.165, 1.54) is 96.3 Å². The van der Waals surface area contributed by atoms with Gasteiger partial charge in [0, 0.05) is 13.8 Å². The fraction of sp³-hybridized carbons (Fsp3) is 0.905. The maximum atomic E-state index is 9.00. The molecule has 0 heterocycles. The zero-order valence-electron chi connectivity index (χ0n) is 17.3. The number of hydrogen-bond acceptors (Lipinski definition) is 2. The van der Waals surface area contributed by atoms with Crippen molar-refractivity contribution < 1.29 is 19.8 Å². The molecule has 0 saturated heterocycles. The molecule has 0 atom stereocenters. The van der Waals surface area contributed by atoms with E-state index >= 15 is 0 Å². The maximum absolute atomic E-state index is 9.00. The van der Waals surface area contributed by atoms with Gasteiger partial charge in [0.05, 0.1) is 0 Å². The third-order valence-corrected chi connectivity index (χ3v) is 3.71. The first-order chi connectivity index (χ1) is 11.9. The van der Waals surface area contributed by atoms with E-state index in [-0.39, 0.29) is 0 Å². The summed E-state index contributed by atoms with van der Waals surface area (Å²) in [5.74, 6) is -1.67. The number of carbonyl (C=O) groups is 2. The summed E-state index contributed by atoms with van der Waals surface area (Å²) >= 11 is 0. The van der Waals surface area contributed by atoms with Crippen LogP contribution in [0.4, 0.5) is 0 Å². The molecule has 0 saturated carbocycles. The van der Waals surface area contributed by atoms with Gasteiger partial charge in [0.15, 0.2) is 0 Å². The largest absolute Gasteiger partial charge is 0.481 e. The van der Waals surface area contributed by atoms with E-state index in [9.17, 15) is 0 Å². The first-order valence-electron chi connectivity index (χ1n) is 10.3. The quantitative estimate of drug-likeness (QED) is 0.325. The molecule has 0 unspecified atom stereocenters. The zero-order valence-corrected chi connectivity index (χ0v) is 17.3. The lowest BCUT2D eigenvalue weighted by Gasteiger charge is -2.02. The molecule has 4 nitrogen and oxygen atoms in total. The fourth-order valence-electron chi connectivity index (χ4n) is 2.44. The van der Waals surface area contributed by atoms with Gasteiger partial charge in [-0.2, -0.15) is 0 Å². The SMILES string of the molecule is CC(=O)O.CC(=O)O.CCCCCCCCCCCCCCCCC. The minimum absolute atomic E-state index is 0.833. The molecule has 0 aromatic heterocycles. The second-order valence-electron chi connectivity index (χ2n) is 6.63. The number of rotatable bonds is 14. The number of aliphatic carboxylic acids is 2. The van der Waals surface area contributed by atoms with Crippen LogP contribution in [0, 0.1) is 0 Å². The van der Waals surface area contributed by atoms with Crippen molar-refractivity contribution in [1.29, 1.82) is 0 Å². The molecule has 25 heavy (non-hydrogen) atoms. The van der Waals surface area contributed by atoms with Gasteiger partial charge in [-0.3, -0.25) is 9.59 Å². The van der Waals surface area contributed by atoms with E-state index in [0.717, 1.165) is 13.8 Å². The Morgan fingerprint density at radius 1 is 0.480 bits per heavy atom. The van der Waals surface area contributed by atoms with E-state index in [0.29, 0.717) is 0 Å². The number of hydrogen-bond donors (Lipinski definition) is 2. The monoisotopic (exact) mass is 360 g/mol. The molecule has 0 aliphatic carbocycles. The maximum Gasteiger partial charge on any atom is 0.300 e. The average molecular weight is 361 g/mol. The van der Waals surface area contributed by atoms with Gasteiger partial charge in [0.25, 0.3) is 11.9 Å². The molecule has 0 aromatic carbocycles. The highest BCUT2D eigenvalue weighted by molar-refractivity contribution is 5.63. The van der Waals surface area contributed by atoms with Crippen molar-refractivity contribution in [3.63, 3.8) is 0 Å². The van der Waals surface area contributed by atoms with Crippen LogP contribution in [0.25, 0.3) is 0 Å². The van der Waals surface area contributed by atoms with Crippen molar-refractivity contribution in [2.45, 2.75) is 124 Å². The fourth-order valence-corrected chi connectivity index (χ4v) is 2.44. The summed E-state index contributed by atoms with van der Waals surface area (Å²) < 4.78 is 0. The highest BCUT2D eigenvalue weighted by Gasteiger charge is 1.93. The summed E-state index contributed by atoms with van der Waals surface area (Å²) in [7, 11) is 0. The van der Waals surface area contributed by atoms with E-state index in [2.05, 4.69) is 13.8 Å². The van der Waals surface area contributed by atoms with Gasteiger partial charge >= 0.3 is 0 Å². The van der Waals surface area contributed by atoms with Crippen LogP contribution in [0.5, 0.6) is 0 Å². The Labute approximate surface area is 156 Å². The van der Waals surface area contributed by atoms with Crippen molar-refractivity contribution in [1.82, 2.24) is 0 Å². The molecular formula is C21H44O4. The predicted molar refractivity (Wildman–Crippen MR) is 107 cm³/mol. The Balaban J connectivity index is -0.000000503. The summed E-state index contributed by atoms with van der Waals surface area (Å²) in [5, 5.41) is 14.8. The zero-order chi connectivity index (χ0) is 19.8. The molecule has 2 N–H and O–H groups in total. The summed E-state index contributed by atoms with van der Waals surface area (Å²) in [6.45, 7) is 6.75. The Hall–Kier alpha value is -1.06. The van der Waals surface area contributed by atoms with Crippen molar-refractivity contribution >= 4 is 11.9 Å². The third-order valence-electron chi connectivity index (χ3n) is 3.71. The van der Waals surface area contributed by atoms with E-state index in [1.807, 2.05) is 0 Å². The Bertz CT molecular complexity index is 231. The lowest BCUT2D eigenvalue weighted by molar-refractivity contribution is -0.135. The molecule has 0 radical (unpaired) electrons. The second kappa shape index (κ2) is 27.8. The second-order valence-corrected chi connectivity index (χ2v) is 6.63. The van der Waals surface area contributed by atoms with Crippen molar-refractivity contribution in [3.8, 4) is 0 Å². The van der Waals surface area contributed by atoms with Crippen LogP contribution in [0.15, 0.2) is 0 Å². The topological polar surface area (TPSA) is 74.6 Å². The van der Waals surface area contributed by atoms with Crippen molar-refractivity contribution in [3.05, 3.63) is 0 Å². The van der Waals surface area contributed by atoms with Gasteiger partial charge in [-0.15, -0.1) is 0 Å². The predicted octanol–water partition coefficient (Wildman–Crippen LogP) is 7.06. The van der Waals surface area contributed by atoms with Crippen LogP contribution in [-0.2, 0) is 9.59 Å². The molecular weight excluding hydrogens is 316 g/mol. The molecule has 4 heteroatoms. The molecule has 0 bridgehead atoms. The number of carboxylic acid groups (broad SMARTS) is 2. The molecule has 152 valence electrons. The molecule has 0 rings (SSSR count). The van der Waals surface area contributed by atoms with Crippen LogP contribution in [0.1, 0.15) is 124 Å². The molecule has 0 fully saturated rings. The van der Waals surface area contributed by atoms with Gasteiger partial charge in [0.1, 0.15) is 0 Å². The average Bonchev–Trinajstić information content (AvgIpc) is 2.51. The van der Waals surface area contributed by atoms with E-state index < -0.39 is 11.9 Å². The highest BCUT2D eigenvalue weighted by Crippen LogP contribution is 2.13. The lowest BCUT2D eigenvalue weighted by atomic mass is 10.0. The summed E-state index contributed by atoms with van der Waals surface area (Å²) in [6.07, 6.45) is 21.9. The third kappa shape index (κ3) is 60.1. The Morgan fingerprint density at radius 2 is 0.600 bits per heavy atom. The standard InChI is InChI=1S/C17H36.2C2H4O2/c1-3-5-7-9-11-13-15-17-16-14-12-10-8-6-4-2;2*1-2(3)4/h3-17H2,1-2H3;2*1H3,(H,3,4). The molecule has 0 amide bonds. The molecule has 0 aliphatic heterocycles. The molecule has 0 spiro atoms. The van der Waals surface area contributed by atoms with Crippen LogP contribution in [-0.4, -0.2) is 22.2 Å². The highest BCUT2D eigenvalue weighted by atomic mass is 16.4. The smallest absolute Gasteiger partial charge is 0.300 e. The van der Waals surface area contributed by atoms with Crippen molar-refractivity contribution in [2.75, 3.05) is 0 Å². The van der Waals surface area contributed by atoms with Gasteiger partial charge < -0.3 is 10.2 Å². The summed E-state index contributed by atoms with van der Waals surface area (Å²) in [4.78, 5) is 18.0. The van der Waals surface area contributed by atoms with Gasteiger partial charge in [0.2, 0.25) is 0 Å². The van der Waals surface area contributed by atoms with Crippen LogP contribution < -0.4 is 0 Å². The Kier molecular flexibility index (Phi) is 31.9. The van der Waals surface area contributed by atoms with Crippen LogP contribution in [0.3, 0.4) is 0 Å². The van der Waals surface area contributed by atoms with Gasteiger partial charge in [-0.25, -0.2) is 0 Å². The van der Waals surface area contributed by atoms with Gasteiger partial charge in [-0.05, 0) is 0 Å². The van der Waals surface area contributed by atoms with Gasteiger partial charge in [-0.1, -0.05) is 110 Å². The first kappa shape index (κ1) is 28.7. The molecule has 0 aromatic rings. The number of carboxylic acids is 2. The normalized spacial score (nSPS) is 9.44. The number of unbranched alkanes of at least 4 members (excludes halogenated alkanes) is 14. The van der Waals surface area contributed by atoms with Crippen LogP contribution >= 0.6 is 0 Å².